The summed E-state index contributed by atoms with van der Waals surface area (Å²) in [7, 11) is 3.19. The van der Waals surface area contributed by atoms with Crippen LogP contribution in [-0.2, 0) is 11.3 Å². The van der Waals surface area contributed by atoms with Gasteiger partial charge in [-0.2, -0.15) is 4.98 Å². The second kappa shape index (κ2) is 11.0. The minimum Gasteiger partial charge on any atom is -0.493 e. The van der Waals surface area contributed by atoms with Crippen molar-refractivity contribution in [2.45, 2.75) is 45.6 Å². The fourth-order valence-electron chi connectivity index (χ4n) is 3.75. The smallest absolute Gasteiger partial charge is 0.241 e. The average Bonchev–Trinajstić information content (AvgIpc) is 3.24. The van der Waals surface area contributed by atoms with E-state index in [0.717, 1.165) is 50.8 Å². The molecular weight excluding hydrogens is 384 g/mol. The Bertz CT molecular complexity index is 823. The summed E-state index contributed by atoms with van der Waals surface area (Å²) >= 11 is 0. The van der Waals surface area contributed by atoms with Crippen LogP contribution in [0.2, 0.25) is 0 Å². The molecule has 1 aromatic heterocycles. The third-order valence-electron chi connectivity index (χ3n) is 5.42. The molecule has 3 rings (SSSR count). The van der Waals surface area contributed by atoms with Crippen molar-refractivity contribution < 1.29 is 18.8 Å². The van der Waals surface area contributed by atoms with Crippen molar-refractivity contribution in [3.8, 4) is 22.9 Å². The highest BCUT2D eigenvalue weighted by molar-refractivity contribution is 5.78. The van der Waals surface area contributed by atoms with Gasteiger partial charge < -0.3 is 19.3 Å². The monoisotopic (exact) mass is 416 g/mol. The molecular formula is C22H32N4O4. The highest BCUT2D eigenvalue weighted by Crippen LogP contribution is 2.31. The first-order valence-corrected chi connectivity index (χ1v) is 10.7. The molecule has 8 nitrogen and oxygen atoms in total. The molecule has 0 aliphatic carbocycles. The Morgan fingerprint density at radius 3 is 2.87 bits per heavy atom. The zero-order chi connectivity index (χ0) is 21.3. The van der Waals surface area contributed by atoms with Crippen LogP contribution in [-0.4, -0.2) is 54.8 Å². The molecule has 2 aromatic rings. The fourth-order valence-corrected chi connectivity index (χ4v) is 3.75. The van der Waals surface area contributed by atoms with Crippen molar-refractivity contribution in [2.75, 3.05) is 33.9 Å². The number of aromatic nitrogens is 2. The number of nitrogens with zero attached hydrogens (tertiary/aromatic N) is 3. The van der Waals surface area contributed by atoms with Crippen LogP contribution in [0, 0.1) is 5.92 Å². The zero-order valence-corrected chi connectivity index (χ0v) is 18.1. The normalized spacial score (nSPS) is 17.0. The van der Waals surface area contributed by atoms with Crippen LogP contribution >= 0.6 is 0 Å². The van der Waals surface area contributed by atoms with Crippen LogP contribution in [0.3, 0.4) is 0 Å². The van der Waals surface area contributed by atoms with E-state index in [0.29, 0.717) is 36.3 Å². The maximum atomic E-state index is 12.4. The van der Waals surface area contributed by atoms with Crippen LogP contribution < -0.4 is 14.8 Å². The highest BCUT2D eigenvalue weighted by atomic mass is 16.5. The summed E-state index contributed by atoms with van der Waals surface area (Å²) in [6, 6.07) is 5.52. The van der Waals surface area contributed by atoms with E-state index in [1.807, 2.05) is 18.2 Å². The van der Waals surface area contributed by atoms with E-state index >= 15 is 0 Å². The van der Waals surface area contributed by atoms with Crippen LogP contribution in [0.5, 0.6) is 11.5 Å². The molecule has 1 fully saturated rings. The van der Waals surface area contributed by atoms with Gasteiger partial charge in [-0.3, -0.25) is 9.69 Å². The van der Waals surface area contributed by atoms with Gasteiger partial charge in [-0.05, 0) is 44.0 Å². The first-order valence-electron chi connectivity index (χ1n) is 10.7. The average molecular weight is 417 g/mol. The number of ether oxygens (including phenoxy) is 2. The Morgan fingerprint density at radius 2 is 2.10 bits per heavy atom. The largest absolute Gasteiger partial charge is 0.493 e. The van der Waals surface area contributed by atoms with Crippen molar-refractivity contribution in [1.82, 2.24) is 20.4 Å². The summed E-state index contributed by atoms with van der Waals surface area (Å²) in [5.74, 6) is 2.50. The maximum Gasteiger partial charge on any atom is 0.241 e. The summed E-state index contributed by atoms with van der Waals surface area (Å²) in [4.78, 5) is 19.2. The van der Waals surface area contributed by atoms with Crippen LogP contribution in [0.4, 0.5) is 0 Å². The number of carbonyl (C=O) groups excluding carboxylic acids is 1. The number of likely N-dealkylation sites (tertiary alicyclic amines) is 1. The van der Waals surface area contributed by atoms with E-state index in [1.165, 1.54) is 0 Å². The summed E-state index contributed by atoms with van der Waals surface area (Å²) in [5.41, 5.74) is 0.797. The molecule has 8 heteroatoms. The van der Waals surface area contributed by atoms with Crippen LogP contribution in [0.25, 0.3) is 11.4 Å². The number of unbranched alkanes of at least 4 members (excludes halogenated alkanes) is 2. The van der Waals surface area contributed by atoms with Crippen LogP contribution in [0.15, 0.2) is 22.7 Å². The van der Waals surface area contributed by atoms with Gasteiger partial charge in [0.25, 0.3) is 0 Å². The number of hydrogen-bond donors (Lipinski definition) is 1. The highest BCUT2D eigenvalue weighted by Gasteiger charge is 2.26. The molecule has 0 radical (unpaired) electrons. The number of carbonyl (C=O) groups is 1. The molecule has 1 atom stereocenters. The first kappa shape index (κ1) is 22.1. The lowest BCUT2D eigenvalue weighted by atomic mass is 9.97. The number of hydrogen-bond acceptors (Lipinski definition) is 7. The van der Waals surface area contributed by atoms with E-state index in [4.69, 9.17) is 14.0 Å². The maximum absolute atomic E-state index is 12.4. The fraction of sp³-hybridized carbons (Fsp3) is 0.591. The van der Waals surface area contributed by atoms with Gasteiger partial charge in [-0.15, -0.1) is 0 Å². The second-order valence-corrected chi connectivity index (χ2v) is 7.65. The van der Waals surface area contributed by atoms with Gasteiger partial charge in [0, 0.05) is 18.7 Å². The molecule has 0 saturated carbocycles. The number of piperidine rings is 1. The van der Waals surface area contributed by atoms with Crippen molar-refractivity contribution in [3.63, 3.8) is 0 Å². The van der Waals surface area contributed by atoms with E-state index in [9.17, 15) is 4.79 Å². The Labute approximate surface area is 177 Å². The van der Waals surface area contributed by atoms with E-state index < -0.39 is 0 Å². The van der Waals surface area contributed by atoms with Gasteiger partial charge in [0.15, 0.2) is 11.5 Å². The van der Waals surface area contributed by atoms with Gasteiger partial charge in [-0.1, -0.05) is 24.9 Å². The Kier molecular flexibility index (Phi) is 8.07. The Morgan fingerprint density at radius 1 is 1.27 bits per heavy atom. The standard InChI is InChI=1S/C22H32N4O4/c1-4-5-6-11-23-22(27)17-8-7-12-26(14-17)15-20-24-21(25-30-20)16-9-10-18(28-2)19(13-16)29-3/h9-10,13,17H,4-8,11-12,14-15H2,1-3H3,(H,23,27). The quantitative estimate of drug-likeness (QED) is 0.595. The van der Waals surface area contributed by atoms with E-state index in [-0.39, 0.29) is 11.8 Å². The summed E-state index contributed by atoms with van der Waals surface area (Å²) in [5, 5.41) is 7.18. The number of rotatable bonds is 10. The van der Waals surface area contributed by atoms with Crippen molar-refractivity contribution in [1.29, 1.82) is 0 Å². The summed E-state index contributed by atoms with van der Waals surface area (Å²) in [6.07, 6.45) is 5.26. The number of methoxy groups -OCH3 is 2. The van der Waals surface area contributed by atoms with E-state index in [1.54, 1.807) is 14.2 Å². The third-order valence-corrected chi connectivity index (χ3v) is 5.42. The molecule has 164 valence electrons. The van der Waals surface area contributed by atoms with Gasteiger partial charge in [0.05, 0.1) is 26.7 Å². The van der Waals surface area contributed by atoms with Gasteiger partial charge in [-0.25, -0.2) is 0 Å². The third kappa shape index (κ3) is 5.72. The number of nitrogens with one attached hydrogen (secondary N) is 1. The molecule has 1 aromatic carbocycles. The molecule has 1 aliphatic heterocycles. The molecule has 30 heavy (non-hydrogen) atoms. The summed E-state index contributed by atoms with van der Waals surface area (Å²) in [6.45, 7) is 5.11. The van der Waals surface area contributed by atoms with Gasteiger partial charge >= 0.3 is 0 Å². The lowest BCUT2D eigenvalue weighted by Gasteiger charge is -2.30. The minimum atomic E-state index is 0.0219. The number of benzene rings is 1. The zero-order valence-electron chi connectivity index (χ0n) is 18.1. The van der Waals surface area contributed by atoms with Gasteiger partial charge in [0.2, 0.25) is 17.6 Å². The molecule has 0 bridgehead atoms. The molecule has 1 amide bonds. The minimum absolute atomic E-state index is 0.0219. The van der Waals surface area contributed by atoms with Crippen molar-refractivity contribution in [3.05, 3.63) is 24.1 Å². The molecule has 1 aliphatic rings. The molecule has 2 heterocycles. The van der Waals surface area contributed by atoms with Crippen LogP contribution in [0.1, 0.15) is 44.9 Å². The number of amides is 1. The van der Waals surface area contributed by atoms with Crippen molar-refractivity contribution in [2.24, 2.45) is 5.92 Å². The topological polar surface area (TPSA) is 89.7 Å². The molecule has 0 spiro atoms. The molecule has 1 saturated heterocycles. The van der Waals surface area contributed by atoms with Crippen molar-refractivity contribution >= 4 is 5.91 Å². The Balaban J connectivity index is 1.57. The molecule has 1 N–H and O–H groups in total. The second-order valence-electron chi connectivity index (χ2n) is 7.65. The predicted molar refractivity (Wildman–Crippen MR) is 113 cm³/mol. The van der Waals surface area contributed by atoms with E-state index in [2.05, 4.69) is 27.3 Å². The molecule has 1 unspecified atom stereocenters. The lowest BCUT2D eigenvalue weighted by molar-refractivity contribution is -0.126. The lowest BCUT2D eigenvalue weighted by Crippen LogP contribution is -2.42. The first-order chi connectivity index (χ1) is 14.6. The predicted octanol–water partition coefficient (Wildman–Crippen LogP) is 3.27. The SMILES string of the molecule is CCCCCNC(=O)C1CCCN(Cc2nc(-c3ccc(OC)c(OC)c3)no2)C1. The Hall–Kier alpha value is -2.61. The summed E-state index contributed by atoms with van der Waals surface area (Å²) < 4.78 is 16.1. The van der Waals surface area contributed by atoms with Gasteiger partial charge in [0.1, 0.15) is 0 Å².